The largest absolute Gasteiger partial charge is 0.496 e. The van der Waals surface area contributed by atoms with Crippen molar-refractivity contribution in [2.45, 2.75) is 11.8 Å². The lowest BCUT2D eigenvalue weighted by molar-refractivity contribution is 0.412. The third-order valence-corrected chi connectivity index (χ3v) is 2.72. The summed E-state index contributed by atoms with van der Waals surface area (Å²) >= 11 is 1.66. The van der Waals surface area contributed by atoms with Crippen LogP contribution < -0.4 is 10.5 Å². The maximum atomic E-state index is 7.48. The molecule has 1 rings (SSSR count). The highest BCUT2D eigenvalue weighted by atomic mass is 32.2. The highest BCUT2D eigenvalue weighted by Crippen LogP contribution is 2.29. The number of thioether (sulfide) groups is 1. The topological polar surface area (TPSA) is 59.1 Å². The molecule has 1 aromatic rings. The van der Waals surface area contributed by atoms with Gasteiger partial charge in [0.2, 0.25) is 0 Å². The fraction of sp³-hybridized carbons (Fsp3) is 0.300. The van der Waals surface area contributed by atoms with Crippen LogP contribution in [0.1, 0.15) is 12.5 Å². The summed E-state index contributed by atoms with van der Waals surface area (Å²) in [5, 5.41) is 7.48. The van der Waals surface area contributed by atoms with Gasteiger partial charge >= 0.3 is 0 Å². The lowest BCUT2D eigenvalue weighted by Crippen LogP contribution is -2.13. The molecule has 0 atom stereocenters. The van der Waals surface area contributed by atoms with E-state index in [1.807, 2.05) is 18.2 Å². The summed E-state index contributed by atoms with van der Waals surface area (Å²) in [5.41, 5.74) is 6.21. The Morgan fingerprint density at radius 3 is 2.79 bits per heavy atom. The molecule has 0 aliphatic carbocycles. The van der Waals surface area contributed by atoms with Gasteiger partial charge in [-0.2, -0.15) is 0 Å². The van der Waals surface area contributed by atoms with Gasteiger partial charge in [0.15, 0.2) is 0 Å². The molecule has 0 amide bonds. The van der Waals surface area contributed by atoms with Crippen molar-refractivity contribution in [3.8, 4) is 5.75 Å². The molecule has 1 aromatic carbocycles. The second kappa shape index (κ2) is 4.91. The van der Waals surface area contributed by atoms with E-state index in [9.17, 15) is 0 Å². The molecule has 0 fully saturated rings. The van der Waals surface area contributed by atoms with Crippen LogP contribution in [0.4, 0.5) is 0 Å². The van der Waals surface area contributed by atoms with E-state index in [1.165, 1.54) is 0 Å². The van der Waals surface area contributed by atoms with Crippen LogP contribution in [0.5, 0.6) is 5.75 Å². The number of rotatable bonds is 4. The Balaban J connectivity index is 3.20. The van der Waals surface area contributed by atoms with Gasteiger partial charge in [0.05, 0.1) is 12.7 Å². The standard InChI is InChI=1S/C10H14N2OS/c1-3-14-8-6-4-5-7(13-2)9(8)10(11)12/h4-6H,3H2,1-2H3,(H3,11,12). The molecule has 0 heterocycles. The van der Waals surface area contributed by atoms with Crippen LogP contribution in [0.15, 0.2) is 23.1 Å². The Bertz CT molecular complexity index is 339. The van der Waals surface area contributed by atoms with Gasteiger partial charge < -0.3 is 10.5 Å². The van der Waals surface area contributed by atoms with Crippen LogP contribution in [0.3, 0.4) is 0 Å². The van der Waals surface area contributed by atoms with Gasteiger partial charge in [-0.05, 0) is 17.9 Å². The maximum Gasteiger partial charge on any atom is 0.130 e. The number of hydrogen-bond acceptors (Lipinski definition) is 3. The van der Waals surface area contributed by atoms with Gasteiger partial charge in [0, 0.05) is 4.90 Å². The molecule has 0 aromatic heterocycles. The highest BCUT2D eigenvalue weighted by molar-refractivity contribution is 7.99. The lowest BCUT2D eigenvalue weighted by Gasteiger charge is -2.11. The molecule has 0 aliphatic heterocycles. The first-order chi connectivity index (χ1) is 6.70. The number of ether oxygens (including phenoxy) is 1. The summed E-state index contributed by atoms with van der Waals surface area (Å²) < 4.78 is 5.16. The van der Waals surface area contributed by atoms with E-state index in [4.69, 9.17) is 15.9 Å². The van der Waals surface area contributed by atoms with Crippen molar-refractivity contribution in [2.24, 2.45) is 5.73 Å². The monoisotopic (exact) mass is 210 g/mol. The molecular formula is C10H14N2OS. The summed E-state index contributed by atoms with van der Waals surface area (Å²) in [7, 11) is 1.59. The van der Waals surface area contributed by atoms with Crippen LogP contribution >= 0.6 is 11.8 Å². The minimum Gasteiger partial charge on any atom is -0.496 e. The summed E-state index contributed by atoms with van der Waals surface area (Å²) in [4.78, 5) is 0.999. The van der Waals surface area contributed by atoms with Crippen molar-refractivity contribution >= 4 is 17.6 Å². The second-order valence-corrected chi connectivity index (χ2v) is 3.99. The van der Waals surface area contributed by atoms with Crippen molar-refractivity contribution < 1.29 is 4.74 Å². The average Bonchev–Trinajstić information content (AvgIpc) is 2.17. The molecule has 0 bridgehead atoms. The van der Waals surface area contributed by atoms with E-state index in [0.717, 1.165) is 10.6 Å². The van der Waals surface area contributed by atoms with Gasteiger partial charge in [-0.15, -0.1) is 11.8 Å². The molecular weight excluding hydrogens is 196 g/mol. The Morgan fingerprint density at radius 1 is 1.57 bits per heavy atom. The smallest absolute Gasteiger partial charge is 0.130 e. The first kappa shape index (κ1) is 10.9. The Hall–Kier alpha value is -1.16. The zero-order valence-corrected chi connectivity index (χ0v) is 9.15. The first-order valence-corrected chi connectivity index (χ1v) is 5.33. The number of nitrogens with two attached hydrogens (primary N) is 1. The predicted octanol–water partition coefficient (Wildman–Crippen LogP) is 2.09. The second-order valence-electron chi connectivity index (χ2n) is 2.68. The van der Waals surface area contributed by atoms with Gasteiger partial charge in [-0.3, -0.25) is 5.41 Å². The number of hydrogen-bond donors (Lipinski definition) is 2. The number of amidine groups is 1. The highest BCUT2D eigenvalue weighted by Gasteiger charge is 2.11. The Labute approximate surface area is 88.2 Å². The molecule has 0 saturated heterocycles. The molecule has 0 radical (unpaired) electrons. The summed E-state index contributed by atoms with van der Waals surface area (Å²) in [6.45, 7) is 2.06. The summed E-state index contributed by atoms with van der Waals surface area (Å²) in [6, 6.07) is 5.67. The van der Waals surface area contributed by atoms with E-state index in [0.29, 0.717) is 11.3 Å². The van der Waals surface area contributed by atoms with Gasteiger partial charge in [-0.25, -0.2) is 0 Å². The number of benzene rings is 1. The normalized spacial score (nSPS) is 9.86. The van der Waals surface area contributed by atoms with E-state index in [1.54, 1.807) is 18.9 Å². The minimum absolute atomic E-state index is 0.0541. The van der Waals surface area contributed by atoms with Gasteiger partial charge in [-0.1, -0.05) is 13.0 Å². The summed E-state index contributed by atoms with van der Waals surface area (Å²) in [5.74, 6) is 1.67. The molecule has 14 heavy (non-hydrogen) atoms. The zero-order chi connectivity index (χ0) is 10.6. The number of nitrogen functional groups attached to an aromatic ring is 1. The van der Waals surface area contributed by atoms with Crippen molar-refractivity contribution in [3.63, 3.8) is 0 Å². The van der Waals surface area contributed by atoms with Crippen molar-refractivity contribution in [2.75, 3.05) is 12.9 Å². The van der Waals surface area contributed by atoms with Crippen molar-refractivity contribution in [1.82, 2.24) is 0 Å². The fourth-order valence-corrected chi connectivity index (χ4v) is 2.06. The van der Waals surface area contributed by atoms with Crippen LogP contribution in [0.2, 0.25) is 0 Å². The lowest BCUT2D eigenvalue weighted by atomic mass is 10.2. The molecule has 0 saturated carbocycles. The van der Waals surface area contributed by atoms with E-state index >= 15 is 0 Å². The maximum absolute atomic E-state index is 7.48. The Morgan fingerprint density at radius 2 is 2.29 bits per heavy atom. The molecule has 0 unspecified atom stereocenters. The third kappa shape index (κ3) is 2.20. The van der Waals surface area contributed by atoms with Crippen molar-refractivity contribution in [1.29, 1.82) is 5.41 Å². The fourth-order valence-electron chi connectivity index (χ4n) is 1.22. The predicted molar refractivity (Wildman–Crippen MR) is 60.4 cm³/mol. The van der Waals surface area contributed by atoms with Crippen molar-refractivity contribution in [3.05, 3.63) is 23.8 Å². The molecule has 76 valence electrons. The molecule has 0 aliphatic rings. The van der Waals surface area contributed by atoms with Crippen LogP contribution in [0.25, 0.3) is 0 Å². The third-order valence-electron chi connectivity index (χ3n) is 1.78. The van der Waals surface area contributed by atoms with E-state index in [2.05, 4.69) is 6.92 Å². The Kier molecular flexibility index (Phi) is 3.83. The molecule has 3 N–H and O–H groups in total. The van der Waals surface area contributed by atoms with E-state index in [-0.39, 0.29) is 5.84 Å². The molecule has 0 spiro atoms. The summed E-state index contributed by atoms with van der Waals surface area (Å²) in [6.07, 6.45) is 0. The average molecular weight is 210 g/mol. The van der Waals surface area contributed by atoms with Crippen LogP contribution in [-0.4, -0.2) is 18.7 Å². The number of nitrogens with one attached hydrogen (secondary N) is 1. The van der Waals surface area contributed by atoms with Crippen LogP contribution in [0, 0.1) is 5.41 Å². The zero-order valence-electron chi connectivity index (χ0n) is 8.33. The minimum atomic E-state index is 0.0541. The quantitative estimate of drug-likeness (QED) is 0.454. The van der Waals surface area contributed by atoms with Gasteiger partial charge in [0.1, 0.15) is 11.6 Å². The molecule has 4 heteroatoms. The molecule has 3 nitrogen and oxygen atoms in total. The van der Waals surface area contributed by atoms with E-state index < -0.39 is 0 Å². The van der Waals surface area contributed by atoms with Crippen LogP contribution in [-0.2, 0) is 0 Å². The first-order valence-electron chi connectivity index (χ1n) is 4.34. The van der Waals surface area contributed by atoms with Gasteiger partial charge in [0.25, 0.3) is 0 Å². The SMILES string of the molecule is CCSc1cccc(OC)c1C(=N)N. The number of methoxy groups -OCH3 is 1.